The van der Waals surface area contributed by atoms with Crippen LogP contribution in [-0.4, -0.2) is 18.3 Å². The van der Waals surface area contributed by atoms with Gasteiger partial charge in [0.2, 0.25) is 0 Å². The fourth-order valence-corrected chi connectivity index (χ4v) is 2.28. The Bertz CT molecular complexity index is 537. The smallest absolute Gasteiger partial charge is 0.135 e. The van der Waals surface area contributed by atoms with E-state index >= 15 is 0 Å². The van der Waals surface area contributed by atoms with Crippen LogP contribution in [0.4, 0.5) is 17.2 Å². The number of benzene rings is 1. The van der Waals surface area contributed by atoms with Gasteiger partial charge < -0.3 is 10.6 Å². The average Bonchev–Trinajstić information content (AvgIpc) is 2.38. The number of anilines is 3. The molecule has 0 radical (unpaired) electrons. The van der Waals surface area contributed by atoms with Crippen molar-refractivity contribution >= 4 is 29.0 Å². The summed E-state index contributed by atoms with van der Waals surface area (Å²) in [7, 11) is 2.01. The summed E-state index contributed by atoms with van der Waals surface area (Å²) in [5, 5.41) is 0. The highest BCUT2D eigenvalue weighted by Crippen LogP contribution is 2.27. The Morgan fingerprint density at radius 1 is 1.22 bits per heavy atom. The van der Waals surface area contributed by atoms with Crippen LogP contribution in [0.5, 0.6) is 0 Å². The molecule has 3 nitrogen and oxygen atoms in total. The molecular weight excluding hydrogens is 242 g/mol. The molecule has 0 unspecified atom stereocenters. The minimum Gasteiger partial charge on any atom is -0.397 e. The van der Waals surface area contributed by atoms with Crippen molar-refractivity contribution in [3.05, 3.63) is 42.1 Å². The molecule has 0 spiro atoms. The van der Waals surface area contributed by atoms with Crippen LogP contribution in [0.15, 0.2) is 41.4 Å². The zero-order chi connectivity index (χ0) is 13.1. The first-order valence-corrected chi connectivity index (χ1v) is 6.94. The Morgan fingerprint density at radius 2 is 1.89 bits per heavy atom. The first-order valence-electron chi connectivity index (χ1n) is 5.71. The van der Waals surface area contributed by atoms with Crippen molar-refractivity contribution in [3.63, 3.8) is 0 Å². The fraction of sp³-hybridized carbons (Fsp3) is 0.214. The Morgan fingerprint density at radius 3 is 2.44 bits per heavy atom. The van der Waals surface area contributed by atoms with Gasteiger partial charge >= 0.3 is 0 Å². The molecule has 2 aromatic rings. The second kappa shape index (κ2) is 5.31. The minimum absolute atomic E-state index is 0.697. The number of rotatable bonds is 3. The van der Waals surface area contributed by atoms with Gasteiger partial charge in [-0.3, -0.25) is 0 Å². The van der Waals surface area contributed by atoms with Gasteiger partial charge in [-0.25, -0.2) is 4.98 Å². The third-order valence-corrected chi connectivity index (χ3v) is 3.59. The molecule has 1 aromatic heterocycles. The van der Waals surface area contributed by atoms with E-state index in [0.717, 1.165) is 17.1 Å². The molecule has 2 rings (SSSR count). The van der Waals surface area contributed by atoms with Gasteiger partial charge in [-0.2, -0.15) is 0 Å². The van der Waals surface area contributed by atoms with Crippen LogP contribution in [0, 0.1) is 6.92 Å². The van der Waals surface area contributed by atoms with E-state index in [9.17, 15) is 0 Å². The Kier molecular flexibility index (Phi) is 3.77. The minimum atomic E-state index is 0.697. The summed E-state index contributed by atoms with van der Waals surface area (Å²) >= 11 is 1.74. The van der Waals surface area contributed by atoms with E-state index in [1.165, 1.54) is 4.90 Å². The standard InChI is InChI=1S/C14H17N3S/c1-10-8-11(15)9-16-14(10)17(2)12-4-6-13(18-3)7-5-12/h4-9H,15H2,1-3H3. The van der Waals surface area contributed by atoms with Crippen molar-refractivity contribution in [1.29, 1.82) is 0 Å². The highest BCUT2D eigenvalue weighted by Gasteiger charge is 2.08. The van der Waals surface area contributed by atoms with E-state index in [4.69, 9.17) is 5.73 Å². The van der Waals surface area contributed by atoms with Crippen LogP contribution in [0.2, 0.25) is 0 Å². The first-order chi connectivity index (χ1) is 8.61. The molecule has 0 atom stereocenters. The molecule has 94 valence electrons. The Balaban J connectivity index is 2.31. The van der Waals surface area contributed by atoms with Gasteiger partial charge in [0.15, 0.2) is 0 Å². The van der Waals surface area contributed by atoms with E-state index in [1.807, 2.05) is 20.0 Å². The predicted molar refractivity (Wildman–Crippen MR) is 79.7 cm³/mol. The lowest BCUT2D eigenvalue weighted by atomic mass is 10.2. The monoisotopic (exact) mass is 259 g/mol. The summed E-state index contributed by atoms with van der Waals surface area (Å²) in [6, 6.07) is 10.4. The van der Waals surface area contributed by atoms with Crippen LogP contribution in [0.3, 0.4) is 0 Å². The average molecular weight is 259 g/mol. The van der Waals surface area contributed by atoms with Crippen molar-refractivity contribution in [2.24, 2.45) is 0 Å². The van der Waals surface area contributed by atoms with Crippen LogP contribution in [0.25, 0.3) is 0 Å². The molecule has 18 heavy (non-hydrogen) atoms. The third kappa shape index (κ3) is 2.59. The number of aryl methyl sites for hydroxylation is 1. The van der Waals surface area contributed by atoms with E-state index in [2.05, 4.69) is 40.4 Å². The summed E-state index contributed by atoms with van der Waals surface area (Å²) in [6.07, 6.45) is 3.76. The molecule has 4 heteroatoms. The number of nitrogens with zero attached hydrogens (tertiary/aromatic N) is 2. The van der Waals surface area contributed by atoms with Gasteiger partial charge in [-0.15, -0.1) is 11.8 Å². The normalized spacial score (nSPS) is 10.4. The largest absolute Gasteiger partial charge is 0.397 e. The molecular formula is C14H17N3S. The number of nitrogen functional groups attached to an aromatic ring is 1. The van der Waals surface area contributed by atoms with E-state index in [1.54, 1.807) is 18.0 Å². The molecule has 2 N–H and O–H groups in total. The first kappa shape index (κ1) is 12.8. The van der Waals surface area contributed by atoms with Crippen molar-refractivity contribution < 1.29 is 0 Å². The van der Waals surface area contributed by atoms with E-state index < -0.39 is 0 Å². The summed E-state index contributed by atoms with van der Waals surface area (Å²) < 4.78 is 0. The summed E-state index contributed by atoms with van der Waals surface area (Å²) in [6.45, 7) is 2.02. The zero-order valence-corrected chi connectivity index (χ0v) is 11.7. The number of pyridine rings is 1. The van der Waals surface area contributed by atoms with Gasteiger partial charge in [-0.05, 0) is 49.1 Å². The lowest BCUT2D eigenvalue weighted by molar-refractivity contribution is 1.10. The van der Waals surface area contributed by atoms with Gasteiger partial charge in [-0.1, -0.05) is 0 Å². The molecule has 1 heterocycles. The number of nitrogens with two attached hydrogens (primary N) is 1. The maximum Gasteiger partial charge on any atom is 0.135 e. The summed E-state index contributed by atoms with van der Waals surface area (Å²) in [4.78, 5) is 7.72. The van der Waals surface area contributed by atoms with Crippen molar-refractivity contribution in [2.75, 3.05) is 23.9 Å². The molecule has 0 saturated carbocycles. The molecule has 0 fully saturated rings. The topological polar surface area (TPSA) is 42.2 Å². The number of hydrogen-bond acceptors (Lipinski definition) is 4. The Hall–Kier alpha value is -1.68. The molecule has 0 aliphatic heterocycles. The van der Waals surface area contributed by atoms with Crippen LogP contribution in [0.1, 0.15) is 5.56 Å². The molecule has 0 saturated heterocycles. The second-order valence-electron chi connectivity index (χ2n) is 4.17. The molecule has 0 aliphatic carbocycles. The molecule has 1 aromatic carbocycles. The molecule has 0 amide bonds. The highest BCUT2D eigenvalue weighted by atomic mass is 32.2. The lowest BCUT2D eigenvalue weighted by Crippen LogP contribution is -2.12. The molecule has 0 aliphatic rings. The van der Waals surface area contributed by atoms with Crippen molar-refractivity contribution in [2.45, 2.75) is 11.8 Å². The van der Waals surface area contributed by atoms with E-state index in [0.29, 0.717) is 5.69 Å². The Labute approximate surface area is 112 Å². The van der Waals surface area contributed by atoms with Crippen molar-refractivity contribution in [3.8, 4) is 0 Å². The lowest BCUT2D eigenvalue weighted by Gasteiger charge is -2.20. The fourth-order valence-electron chi connectivity index (χ4n) is 1.87. The quantitative estimate of drug-likeness (QED) is 0.857. The maximum absolute atomic E-state index is 5.72. The van der Waals surface area contributed by atoms with Gasteiger partial charge in [0.1, 0.15) is 5.82 Å². The van der Waals surface area contributed by atoms with Gasteiger partial charge in [0, 0.05) is 17.6 Å². The number of hydrogen-bond donors (Lipinski definition) is 1. The van der Waals surface area contributed by atoms with E-state index in [-0.39, 0.29) is 0 Å². The van der Waals surface area contributed by atoms with Gasteiger partial charge in [0.05, 0.1) is 11.9 Å². The van der Waals surface area contributed by atoms with Crippen LogP contribution < -0.4 is 10.6 Å². The third-order valence-electron chi connectivity index (χ3n) is 2.85. The van der Waals surface area contributed by atoms with Crippen LogP contribution >= 0.6 is 11.8 Å². The number of thioether (sulfide) groups is 1. The van der Waals surface area contributed by atoms with Gasteiger partial charge in [0.25, 0.3) is 0 Å². The SMILES string of the molecule is CSc1ccc(N(C)c2ncc(N)cc2C)cc1. The summed E-state index contributed by atoms with van der Waals surface area (Å²) in [5.74, 6) is 0.932. The molecule has 0 bridgehead atoms. The van der Waals surface area contributed by atoms with Crippen molar-refractivity contribution in [1.82, 2.24) is 4.98 Å². The summed E-state index contributed by atoms with van der Waals surface area (Å²) in [5.41, 5.74) is 8.61. The highest BCUT2D eigenvalue weighted by molar-refractivity contribution is 7.98. The van der Waals surface area contributed by atoms with Crippen LogP contribution in [-0.2, 0) is 0 Å². The second-order valence-corrected chi connectivity index (χ2v) is 5.05. The zero-order valence-electron chi connectivity index (χ0n) is 10.8. The number of aromatic nitrogens is 1. The maximum atomic E-state index is 5.72. The predicted octanol–water partition coefficient (Wildman–Crippen LogP) is 3.46.